The fraction of sp³-hybridized carbons (Fsp3) is 0.364. The quantitative estimate of drug-likeness (QED) is 0.109. The van der Waals surface area contributed by atoms with Gasteiger partial charge in [0.15, 0.2) is 7.38 Å². The van der Waals surface area contributed by atoms with Crippen LogP contribution in [-0.4, -0.2) is 22.6 Å². The maximum absolute atomic E-state index is 6.96. The lowest BCUT2D eigenvalue weighted by molar-refractivity contribution is 0.399. The first-order valence-electron chi connectivity index (χ1n) is 33.8. The summed E-state index contributed by atoms with van der Waals surface area (Å²) in [6.45, 7) is 53.3. The zero-order valence-electron chi connectivity index (χ0n) is 60.4. The van der Waals surface area contributed by atoms with Crippen LogP contribution in [0.1, 0.15) is 211 Å². The van der Waals surface area contributed by atoms with Crippen molar-refractivity contribution in [3.8, 4) is 50.3 Å². The number of hydrogen-bond donors (Lipinski definition) is 0. The fourth-order valence-electron chi connectivity index (χ4n) is 16.2. The summed E-state index contributed by atoms with van der Waals surface area (Å²) < 4.78 is 6.27. The van der Waals surface area contributed by atoms with E-state index in [0.717, 1.165) is 12.2 Å². The van der Waals surface area contributed by atoms with Crippen LogP contribution in [-0.2, 0) is 28.1 Å². The predicted octanol–water partition coefficient (Wildman–Crippen LogP) is 25.8. The molecular formula is C88H105ClOSi2. The second-order valence-electron chi connectivity index (χ2n) is 32.9. The van der Waals surface area contributed by atoms with Crippen LogP contribution in [0.3, 0.4) is 0 Å². The van der Waals surface area contributed by atoms with Gasteiger partial charge in [0.05, 0.1) is 15.2 Å². The van der Waals surface area contributed by atoms with E-state index in [9.17, 15) is 0 Å². The van der Waals surface area contributed by atoms with Crippen molar-refractivity contribution in [3.05, 3.63) is 251 Å². The van der Waals surface area contributed by atoms with Crippen molar-refractivity contribution >= 4 is 50.8 Å². The number of allylic oxidation sites excluding steroid dienone is 4. The van der Waals surface area contributed by atoms with Crippen molar-refractivity contribution in [3.63, 3.8) is 0 Å². The highest BCUT2D eigenvalue weighted by atomic mass is 35.6. The third kappa shape index (κ3) is 13.4. The summed E-state index contributed by atoms with van der Waals surface area (Å²) in [4.78, 5) is 0. The molecule has 4 aliphatic rings. The van der Waals surface area contributed by atoms with Gasteiger partial charge in [0.2, 0.25) is 0 Å². The number of hydrogen-bond acceptors (Lipinski definition) is 1. The van der Waals surface area contributed by atoms with Crippen molar-refractivity contribution in [1.29, 1.82) is 0 Å². The average molecular weight is 1270 g/mol. The number of benzene rings is 8. The molecule has 0 aromatic heterocycles. The second kappa shape index (κ2) is 25.2. The van der Waals surface area contributed by atoms with Gasteiger partial charge in [-0.15, -0.1) is 0 Å². The van der Waals surface area contributed by atoms with Gasteiger partial charge in [0.25, 0.3) is 0 Å². The predicted molar refractivity (Wildman–Crippen MR) is 410 cm³/mol. The molecule has 4 heteroatoms. The van der Waals surface area contributed by atoms with Crippen LogP contribution < -0.4 is 4.74 Å². The van der Waals surface area contributed by atoms with E-state index in [4.69, 9.17) is 15.8 Å². The zero-order chi connectivity index (χ0) is 67.1. The maximum Gasteiger partial charge on any atom is 0.161 e. The summed E-state index contributed by atoms with van der Waals surface area (Å²) >= 11 is 6.96. The van der Waals surface area contributed by atoms with E-state index in [1.165, 1.54) is 150 Å². The number of fused-ring (bicyclic) bond motifs is 4. The van der Waals surface area contributed by atoms with E-state index in [1.807, 2.05) is 7.11 Å². The fourth-order valence-corrected chi connectivity index (χ4v) is 24.2. The van der Waals surface area contributed by atoms with Gasteiger partial charge in [-0.25, -0.2) is 0 Å². The van der Waals surface area contributed by atoms with Gasteiger partial charge in [-0.2, -0.15) is 11.1 Å². The monoisotopic (exact) mass is 1270 g/mol. The number of ether oxygens (including phenoxy) is 1. The lowest BCUT2D eigenvalue weighted by atomic mass is 9.78. The number of methoxy groups -OCH3 is 1. The third-order valence-corrected chi connectivity index (χ3v) is 27.6. The largest absolute Gasteiger partial charge is 0.496 e. The summed E-state index contributed by atoms with van der Waals surface area (Å²) in [5.41, 5.74) is 39.2. The van der Waals surface area contributed by atoms with Crippen LogP contribution in [0, 0.1) is 20.8 Å². The second-order valence-corrected chi connectivity index (χ2v) is 44.3. The normalized spacial score (nSPS) is 16.9. The molecule has 478 valence electrons. The van der Waals surface area contributed by atoms with Crippen LogP contribution in [0.2, 0.25) is 26.2 Å². The Bertz CT molecular complexity index is 4240. The molecule has 12 rings (SSSR count). The van der Waals surface area contributed by atoms with Crippen molar-refractivity contribution in [2.75, 3.05) is 7.11 Å². The molecule has 0 heterocycles. The van der Waals surface area contributed by atoms with Crippen LogP contribution in [0.15, 0.2) is 168 Å². The molecule has 8 aromatic rings. The summed E-state index contributed by atoms with van der Waals surface area (Å²) in [6, 6.07) is 54.6. The minimum atomic E-state index is -2.06. The molecule has 0 radical (unpaired) electrons. The molecule has 4 aliphatic carbocycles. The van der Waals surface area contributed by atoms with Gasteiger partial charge < -0.3 is 4.74 Å². The van der Waals surface area contributed by atoms with Crippen molar-refractivity contribution in [2.24, 2.45) is 0 Å². The van der Waals surface area contributed by atoms with Gasteiger partial charge in [0.1, 0.15) is 5.75 Å². The first-order chi connectivity index (χ1) is 42.9. The molecule has 1 nitrogen and oxygen atoms in total. The SMILES string of the molecule is CC1=Cc2c(cc(C(C)(C)C)c(C)c2-c2ccccc2)C1[Si](C)(C)Cl.CC1=Cc2cc(C)cc(-c3ccc(C(C)(C)C)cc3)c2C1.COc1c(C(C)(C)C)cc2c(c1-c1ccccc1)C=C(C)C2[Si](C)(C)C1C(C)=Cc2c(-c3ccc(C(C)(C)C)cc3)cc(C)cc21. The van der Waals surface area contributed by atoms with E-state index in [-0.39, 0.29) is 21.7 Å². The molecule has 0 saturated heterocycles. The Labute approximate surface area is 563 Å². The number of halogens is 1. The molecule has 0 spiro atoms. The maximum atomic E-state index is 6.96. The van der Waals surface area contributed by atoms with Gasteiger partial charge in [0, 0.05) is 27.8 Å². The minimum Gasteiger partial charge on any atom is -0.496 e. The van der Waals surface area contributed by atoms with E-state index in [1.54, 1.807) is 0 Å². The first kappa shape index (κ1) is 68.1. The Balaban J connectivity index is 0.000000169. The molecule has 0 N–H and O–H groups in total. The van der Waals surface area contributed by atoms with E-state index in [2.05, 4.69) is 328 Å². The van der Waals surface area contributed by atoms with Crippen LogP contribution >= 0.6 is 11.1 Å². The molecule has 3 atom stereocenters. The molecule has 0 saturated carbocycles. The zero-order valence-corrected chi connectivity index (χ0v) is 63.1. The van der Waals surface area contributed by atoms with Crippen LogP contribution in [0.4, 0.5) is 0 Å². The van der Waals surface area contributed by atoms with Gasteiger partial charge >= 0.3 is 0 Å². The summed E-state index contributed by atoms with van der Waals surface area (Å²) in [6.07, 6.45) is 10.8. The highest BCUT2D eigenvalue weighted by Crippen LogP contribution is 2.58. The molecule has 8 aromatic carbocycles. The standard InChI is InChI=1S/C44H52OSi.C23H29ClSi.C21H24/c1-27-22-33(30-18-20-32(21-19-30)43(4,5)6)34-24-28(2)41(36(34)23-27)46(11,12)42-29(3)25-35-37(42)26-38(44(7,8)9)40(45-10)39(35)31-16-14-13-15-17-31;1-15-13-18-19(22(15)25(6,7)24)14-20(23(3,4)5)16(2)21(18)17-11-9-8-10-12-17;1-14-10-17-11-15(2)13-20(17)19(12-14)16-6-8-18(9-7-16)21(3,4)5/h13-26,41-42H,1-12H3;8-14,22H,1-7H3;6-12H,13H2,1-5H3. The molecule has 0 amide bonds. The topological polar surface area (TPSA) is 9.23 Å². The minimum absolute atomic E-state index is 0.0546. The lowest BCUT2D eigenvalue weighted by Crippen LogP contribution is -2.42. The van der Waals surface area contributed by atoms with Crippen molar-refractivity contribution < 1.29 is 4.74 Å². The molecule has 0 fully saturated rings. The number of rotatable bonds is 8. The number of aryl methyl sites for hydroxylation is 2. The van der Waals surface area contributed by atoms with Crippen LogP contribution in [0.5, 0.6) is 5.75 Å². The molecule has 92 heavy (non-hydrogen) atoms. The summed E-state index contributed by atoms with van der Waals surface area (Å²) in [5, 5.41) is 0. The van der Waals surface area contributed by atoms with Gasteiger partial charge in [-0.3, -0.25) is 0 Å². The summed E-state index contributed by atoms with van der Waals surface area (Å²) in [5.74, 6) is 1.02. The summed E-state index contributed by atoms with van der Waals surface area (Å²) in [7, 11) is -2.08. The molecule has 0 aliphatic heterocycles. The molecular weight excluding hydrogens is 1160 g/mol. The Hall–Kier alpha value is -6.76. The Morgan fingerprint density at radius 3 is 1.30 bits per heavy atom. The van der Waals surface area contributed by atoms with Gasteiger partial charge in [-0.1, -0.05) is 307 Å². The first-order valence-corrected chi connectivity index (χ1v) is 41.1. The van der Waals surface area contributed by atoms with Gasteiger partial charge in [-0.05, 0) is 188 Å². The van der Waals surface area contributed by atoms with E-state index >= 15 is 0 Å². The van der Waals surface area contributed by atoms with Crippen LogP contribution in [0.25, 0.3) is 68.8 Å². The highest BCUT2D eigenvalue weighted by Gasteiger charge is 2.48. The third-order valence-electron chi connectivity index (χ3n) is 20.3. The van der Waals surface area contributed by atoms with Crippen molar-refractivity contribution in [1.82, 2.24) is 0 Å². The molecule has 3 unspecified atom stereocenters. The Morgan fingerprint density at radius 1 is 0.413 bits per heavy atom. The van der Waals surface area contributed by atoms with Crippen molar-refractivity contribution in [2.45, 2.75) is 202 Å². The van der Waals surface area contributed by atoms with E-state index in [0.29, 0.717) is 16.6 Å². The average Bonchev–Trinajstić information content (AvgIpc) is 1.53. The smallest absolute Gasteiger partial charge is 0.161 e. The highest BCUT2D eigenvalue weighted by molar-refractivity contribution is 7.20. The molecule has 0 bridgehead atoms. The Kier molecular flexibility index (Phi) is 18.6. The Morgan fingerprint density at radius 2 is 0.826 bits per heavy atom. The lowest BCUT2D eigenvalue weighted by Gasteiger charge is -2.40. The van der Waals surface area contributed by atoms with E-state index < -0.39 is 15.5 Å².